The van der Waals surface area contributed by atoms with Gasteiger partial charge in [0.2, 0.25) is 0 Å². The van der Waals surface area contributed by atoms with Gasteiger partial charge in [0.1, 0.15) is 6.61 Å². The Balaban J connectivity index is 4.10. The Hall–Kier alpha value is -1.43. The summed E-state index contributed by atoms with van der Waals surface area (Å²) in [6.07, 6.45) is 0. The fraction of sp³-hybridized carbons (Fsp3) is 0.500. The third-order valence-electron chi connectivity index (χ3n) is 1.17. The molecule has 6 nitrogen and oxygen atoms in total. The molecule has 3 N–H and O–H groups in total. The lowest BCUT2D eigenvalue weighted by atomic mass is 10.3. The van der Waals surface area contributed by atoms with Gasteiger partial charge in [-0.3, -0.25) is 4.79 Å². The second kappa shape index (κ2) is 5.25. The van der Waals surface area contributed by atoms with Gasteiger partial charge in [0, 0.05) is 0 Å². The van der Waals surface area contributed by atoms with Crippen LogP contribution in [0, 0.1) is 0 Å². The van der Waals surface area contributed by atoms with Crippen molar-refractivity contribution in [2.75, 3.05) is 6.61 Å². The molecule has 0 rings (SSSR count). The van der Waals surface area contributed by atoms with Gasteiger partial charge in [-0.2, -0.15) is 5.10 Å². The standard InChI is InChI=1S/C6H11N3O3/c1-4(5(2)9-12)7-8-6(11)3-10/h10,12H,3H2,1-2H3,(H,8,11)/b7-4+,9-5+. The molecular weight excluding hydrogens is 162 g/mol. The Kier molecular flexibility index (Phi) is 4.62. The molecule has 0 aliphatic heterocycles. The fourth-order valence-corrected chi connectivity index (χ4v) is 0.335. The summed E-state index contributed by atoms with van der Waals surface area (Å²) in [5.41, 5.74) is 2.73. The number of nitrogens with zero attached hydrogens (tertiary/aromatic N) is 2. The van der Waals surface area contributed by atoms with Gasteiger partial charge in [-0.05, 0) is 13.8 Å². The average Bonchev–Trinajstić information content (AvgIpc) is 2.11. The maximum absolute atomic E-state index is 10.5. The number of hydrogen-bond acceptors (Lipinski definition) is 5. The SMILES string of the molecule is CC(=N\O)/C(C)=N/NC(=O)CO. The van der Waals surface area contributed by atoms with Crippen molar-refractivity contribution in [1.29, 1.82) is 0 Å². The third kappa shape index (κ3) is 3.67. The van der Waals surface area contributed by atoms with Crippen LogP contribution in [0.15, 0.2) is 10.3 Å². The third-order valence-corrected chi connectivity index (χ3v) is 1.17. The fourth-order valence-electron chi connectivity index (χ4n) is 0.335. The predicted octanol–water partition coefficient (Wildman–Crippen LogP) is -0.679. The van der Waals surface area contributed by atoms with Crippen LogP contribution in [0.2, 0.25) is 0 Å². The van der Waals surface area contributed by atoms with E-state index in [0.29, 0.717) is 11.4 Å². The van der Waals surface area contributed by atoms with Crippen molar-refractivity contribution in [3.05, 3.63) is 0 Å². The molecule has 0 atom stereocenters. The summed E-state index contributed by atoms with van der Waals surface area (Å²) in [5, 5.41) is 23.0. The summed E-state index contributed by atoms with van der Waals surface area (Å²) >= 11 is 0. The molecule has 0 saturated carbocycles. The molecule has 0 heterocycles. The summed E-state index contributed by atoms with van der Waals surface area (Å²) in [6.45, 7) is 2.47. The zero-order chi connectivity index (χ0) is 9.56. The number of hydrogen-bond donors (Lipinski definition) is 3. The lowest BCUT2D eigenvalue weighted by Crippen LogP contribution is -2.23. The highest BCUT2D eigenvalue weighted by molar-refractivity contribution is 6.40. The molecular formula is C6H11N3O3. The topological polar surface area (TPSA) is 94.3 Å². The van der Waals surface area contributed by atoms with Gasteiger partial charge in [-0.25, -0.2) is 5.43 Å². The van der Waals surface area contributed by atoms with Gasteiger partial charge in [0.05, 0.1) is 11.4 Å². The summed E-state index contributed by atoms with van der Waals surface area (Å²) in [6, 6.07) is 0. The van der Waals surface area contributed by atoms with E-state index in [4.69, 9.17) is 10.3 Å². The zero-order valence-corrected chi connectivity index (χ0v) is 6.90. The maximum Gasteiger partial charge on any atom is 0.265 e. The average molecular weight is 173 g/mol. The van der Waals surface area contributed by atoms with Crippen molar-refractivity contribution >= 4 is 17.3 Å². The highest BCUT2D eigenvalue weighted by Crippen LogP contribution is 1.80. The van der Waals surface area contributed by atoms with Crippen molar-refractivity contribution in [3.8, 4) is 0 Å². The van der Waals surface area contributed by atoms with E-state index in [2.05, 4.69) is 15.7 Å². The van der Waals surface area contributed by atoms with Crippen LogP contribution in [0.1, 0.15) is 13.8 Å². The minimum absolute atomic E-state index is 0.299. The molecule has 1 amide bonds. The van der Waals surface area contributed by atoms with E-state index in [9.17, 15) is 4.79 Å². The van der Waals surface area contributed by atoms with Crippen molar-refractivity contribution in [2.45, 2.75) is 13.8 Å². The van der Waals surface area contributed by atoms with E-state index in [1.54, 1.807) is 6.92 Å². The Morgan fingerprint density at radius 3 is 2.42 bits per heavy atom. The number of amides is 1. The van der Waals surface area contributed by atoms with Crippen LogP contribution in [-0.4, -0.2) is 34.3 Å². The Morgan fingerprint density at radius 1 is 1.42 bits per heavy atom. The summed E-state index contributed by atoms with van der Waals surface area (Å²) in [5.74, 6) is -0.611. The Bertz CT molecular complexity index is 222. The molecule has 0 unspecified atom stereocenters. The van der Waals surface area contributed by atoms with Gasteiger partial charge in [0.15, 0.2) is 0 Å². The van der Waals surface area contributed by atoms with Gasteiger partial charge < -0.3 is 10.3 Å². The maximum atomic E-state index is 10.5. The number of carbonyl (C=O) groups excluding carboxylic acids is 1. The van der Waals surface area contributed by atoms with Crippen LogP contribution in [-0.2, 0) is 4.79 Å². The highest BCUT2D eigenvalue weighted by atomic mass is 16.4. The molecule has 0 saturated heterocycles. The van der Waals surface area contributed by atoms with Crippen LogP contribution in [0.4, 0.5) is 0 Å². The van der Waals surface area contributed by atoms with Gasteiger partial charge in [-0.1, -0.05) is 5.16 Å². The lowest BCUT2D eigenvalue weighted by molar-refractivity contribution is -0.123. The van der Waals surface area contributed by atoms with E-state index in [0.717, 1.165) is 0 Å². The molecule has 0 aromatic heterocycles. The molecule has 0 bridgehead atoms. The normalized spacial score (nSPS) is 12.9. The highest BCUT2D eigenvalue weighted by Gasteiger charge is 1.98. The number of oxime groups is 1. The second-order valence-electron chi connectivity index (χ2n) is 2.08. The van der Waals surface area contributed by atoms with Crippen molar-refractivity contribution in [2.24, 2.45) is 10.3 Å². The van der Waals surface area contributed by atoms with Crippen molar-refractivity contribution in [3.63, 3.8) is 0 Å². The second-order valence-corrected chi connectivity index (χ2v) is 2.08. The molecule has 0 aromatic rings. The van der Waals surface area contributed by atoms with Crippen LogP contribution in [0.25, 0.3) is 0 Å². The summed E-state index contributed by atoms with van der Waals surface area (Å²) in [7, 11) is 0. The first-order valence-corrected chi connectivity index (χ1v) is 3.24. The van der Waals surface area contributed by atoms with Gasteiger partial charge >= 0.3 is 0 Å². The molecule has 6 heteroatoms. The molecule has 0 aliphatic rings. The smallest absolute Gasteiger partial charge is 0.265 e. The molecule has 0 fully saturated rings. The van der Waals surface area contributed by atoms with Crippen molar-refractivity contribution < 1.29 is 15.1 Å². The largest absolute Gasteiger partial charge is 0.411 e. The predicted molar refractivity (Wildman–Crippen MR) is 43.2 cm³/mol. The van der Waals surface area contributed by atoms with E-state index in [1.165, 1.54) is 6.92 Å². The molecule has 12 heavy (non-hydrogen) atoms. The first kappa shape index (κ1) is 10.6. The minimum Gasteiger partial charge on any atom is -0.411 e. The number of hydrazone groups is 1. The molecule has 0 spiro atoms. The van der Waals surface area contributed by atoms with Crippen LogP contribution >= 0.6 is 0 Å². The monoisotopic (exact) mass is 173 g/mol. The van der Waals surface area contributed by atoms with E-state index in [-0.39, 0.29) is 0 Å². The van der Waals surface area contributed by atoms with Crippen LogP contribution in [0.3, 0.4) is 0 Å². The number of carbonyl (C=O) groups is 1. The molecule has 0 aromatic carbocycles. The van der Waals surface area contributed by atoms with Crippen molar-refractivity contribution in [1.82, 2.24) is 5.43 Å². The van der Waals surface area contributed by atoms with Gasteiger partial charge in [-0.15, -0.1) is 0 Å². The first-order chi connectivity index (χ1) is 5.61. The van der Waals surface area contributed by atoms with Crippen LogP contribution < -0.4 is 5.43 Å². The number of aliphatic hydroxyl groups is 1. The van der Waals surface area contributed by atoms with Gasteiger partial charge in [0.25, 0.3) is 5.91 Å². The lowest BCUT2D eigenvalue weighted by Gasteiger charge is -1.97. The van der Waals surface area contributed by atoms with Crippen LogP contribution in [0.5, 0.6) is 0 Å². The molecule has 0 aliphatic carbocycles. The minimum atomic E-state index is -0.619. The molecule has 68 valence electrons. The van der Waals surface area contributed by atoms with E-state index >= 15 is 0 Å². The number of nitrogens with one attached hydrogen (secondary N) is 1. The Labute approximate surface area is 69.6 Å². The number of rotatable bonds is 3. The molecule has 0 radical (unpaired) electrons. The quantitative estimate of drug-likeness (QED) is 0.300. The van der Waals surface area contributed by atoms with E-state index < -0.39 is 12.5 Å². The first-order valence-electron chi connectivity index (χ1n) is 3.24. The number of aliphatic hydroxyl groups excluding tert-OH is 1. The Morgan fingerprint density at radius 2 is 2.00 bits per heavy atom. The summed E-state index contributed by atoms with van der Waals surface area (Å²) < 4.78 is 0. The zero-order valence-electron chi connectivity index (χ0n) is 6.90. The summed E-state index contributed by atoms with van der Waals surface area (Å²) in [4.78, 5) is 10.5. The van der Waals surface area contributed by atoms with E-state index in [1.807, 2.05) is 0 Å².